The summed E-state index contributed by atoms with van der Waals surface area (Å²) in [6.45, 7) is 3.48. The fourth-order valence-electron chi connectivity index (χ4n) is 1.47. The molecule has 0 aliphatic carbocycles. The Bertz CT molecular complexity index is 577. The van der Waals surface area contributed by atoms with Crippen LogP contribution in [0, 0.1) is 6.92 Å². The first-order valence-corrected chi connectivity index (χ1v) is 6.49. The highest BCUT2D eigenvalue weighted by atomic mass is 32.1. The molecule has 0 radical (unpaired) electrons. The Morgan fingerprint density at radius 1 is 1.56 bits per heavy atom. The number of aryl methyl sites for hydroxylation is 1. The second-order valence-corrected chi connectivity index (χ2v) is 4.78. The predicted octanol–water partition coefficient (Wildman–Crippen LogP) is 0.427. The molecule has 0 amide bonds. The van der Waals surface area contributed by atoms with Gasteiger partial charge in [-0.05, 0) is 6.92 Å². The molecule has 2 heterocycles. The van der Waals surface area contributed by atoms with Gasteiger partial charge in [0, 0.05) is 30.2 Å². The Morgan fingerprint density at radius 2 is 2.39 bits per heavy atom. The summed E-state index contributed by atoms with van der Waals surface area (Å²) in [4.78, 5) is 16.1. The summed E-state index contributed by atoms with van der Waals surface area (Å²) in [6, 6.07) is 1.52. The van der Waals surface area contributed by atoms with Crippen LogP contribution >= 0.6 is 11.3 Å². The van der Waals surface area contributed by atoms with Gasteiger partial charge in [-0.1, -0.05) is 0 Å². The van der Waals surface area contributed by atoms with Crippen molar-refractivity contribution in [3.05, 3.63) is 38.7 Å². The fourth-order valence-corrected chi connectivity index (χ4v) is 2.22. The van der Waals surface area contributed by atoms with Crippen LogP contribution in [0.5, 0.6) is 0 Å². The van der Waals surface area contributed by atoms with Gasteiger partial charge in [-0.3, -0.25) is 4.79 Å². The SMILES string of the molecule is Cc1csc(Cn2ncc(NCCN)cc2=O)n1. The summed E-state index contributed by atoms with van der Waals surface area (Å²) in [7, 11) is 0. The van der Waals surface area contributed by atoms with Gasteiger partial charge in [0.05, 0.1) is 18.4 Å². The van der Waals surface area contributed by atoms with E-state index in [9.17, 15) is 4.79 Å². The van der Waals surface area contributed by atoms with Crippen LogP contribution < -0.4 is 16.6 Å². The molecule has 6 nitrogen and oxygen atoms in total. The molecule has 2 rings (SSSR count). The molecule has 0 fully saturated rings. The van der Waals surface area contributed by atoms with Gasteiger partial charge in [0.2, 0.25) is 0 Å². The molecular formula is C11H15N5OS. The van der Waals surface area contributed by atoms with Gasteiger partial charge in [-0.25, -0.2) is 9.67 Å². The van der Waals surface area contributed by atoms with E-state index in [0.717, 1.165) is 10.7 Å². The zero-order chi connectivity index (χ0) is 13.0. The van der Waals surface area contributed by atoms with Crippen molar-refractivity contribution in [2.45, 2.75) is 13.5 Å². The number of hydrogen-bond donors (Lipinski definition) is 2. The Morgan fingerprint density at radius 3 is 3.00 bits per heavy atom. The molecule has 0 saturated carbocycles. The van der Waals surface area contributed by atoms with Crippen LogP contribution in [0.3, 0.4) is 0 Å². The number of aromatic nitrogens is 3. The van der Waals surface area contributed by atoms with Crippen molar-refractivity contribution in [3.63, 3.8) is 0 Å². The third-order valence-electron chi connectivity index (χ3n) is 2.29. The Balaban J connectivity index is 2.12. The maximum absolute atomic E-state index is 11.8. The van der Waals surface area contributed by atoms with E-state index in [-0.39, 0.29) is 5.56 Å². The van der Waals surface area contributed by atoms with Crippen LogP contribution in [0.25, 0.3) is 0 Å². The molecule has 0 unspecified atom stereocenters. The highest BCUT2D eigenvalue weighted by Crippen LogP contribution is 2.09. The molecule has 96 valence electrons. The summed E-state index contributed by atoms with van der Waals surface area (Å²) in [6.07, 6.45) is 1.62. The van der Waals surface area contributed by atoms with E-state index >= 15 is 0 Å². The van der Waals surface area contributed by atoms with E-state index in [2.05, 4.69) is 15.4 Å². The first-order valence-electron chi connectivity index (χ1n) is 5.61. The molecule has 7 heteroatoms. The number of nitrogens with one attached hydrogen (secondary N) is 1. The minimum atomic E-state index is -0.148. The molecule has 2 aromatic rings. The van der Waals surface area contributed by atoms with Gasteiger partial charge in [-0.15, -0.1) is 11.3 Å². The van der Waals surface area contributed by atoms with Crippen molar-refractivity contribution in [1.29, 1.82) is 0 Å². The van der Waals surface area contributed by atoms with Crippen LogP contribution in [0.15, 0.2) is 22.4 Å². The lowest BCUT2D eigenvalue weighted by molar-refractivity contribution is 0.636. The molecule has 0 aromatic carbocycles. The van der Waals surface area contributed by atoms with Crippen molar-refractivity contribution in [2.75, 3.05) is 18.4 Å². The summed E-state index contributed by atoms with van der Waals surface area (Å²) >= 11 is 1.53. The van der Waals surface area contributed by atoms with Crippen LogP contribution in [0.2, 0.25) is 0 Å². The van der Waals surface area contributed by atoms with Gasteiger partial charge in [0.25, 0.3) is 5.56 Å². The summed E-state index contributed by atoms with van der Waals surface area (Å²) in [5.74, 6) is 0. The van der Waals surface area contributed by atoms with Gasteiger partial charge in [-0.2, -0.15) is 5.10 Å². The van der Waals surface area contributed by atoms with E-state index in [4.69, 9.17) is 5.73 Å². The lowest BCUT2D eigenvalue weighted by Gasteiger charge is -2.05. The largest absolute Gasteiger partial charge is 0.382 e. The van der Waals surface area contributed by atoms with Crippen molar-refractivity contribution >= 4 is 17.0 Å². The molecule has 0 bridgehead atoms. The van der Waals surface area contributed by atoms with E-state index in [1.54, 1.807) is 6.20 Å². The third-order valence-corrected chi connectivity index (χ3v) is 3.25. The van der Waals surface area contributed by atoms with Gasteiger partial charge < -0.3 is 11.1 Å². The topological polar surface area (TPSA) is 85.8 Å². The van der Waals surface area contributed by atoms with Gasteiger partial charge >= 0.3 is 0 Å². The number of hydrogen-bond acceptors (Lipinski definition) is 6. The standard InChI is InChI=1S/C11H15N5OS/c1-8-7-18-10(15-8)6-16-11(17)4-9(5-14-16)13-3-2-12/h4-5,7,13H,2-3,6,12H2,1H3. The van der Waals surface area contributed by atoms with Crippen molar-refractivity contribution in [3.8, 4) is 0 Å². The number of anilines is 1. The van der Waals surface area contributed by atoms with E-state index in [1.807, 2.05) is 12.3 Å². The Kier molecular flexibility index (Phi) is 4.06. The third kappa shape index (κ3) is 3.14. The van der Waals surface area contributed by atoms with Crippen molar-refractivity contribution < 1.29 is 0 Å². The zero-order valence-electron chi connectivity index (χ0n) is 10.1. The van der Waals surface area contributed by atoms with Gasteiger partial charge in [0.1, 0.15) is 5.01 Å². The molecule has 18 heavy (non-hydrogen) atoms. The number of nitrogens with zero attached hydrogens (tertiary/aromatic N) is 3. The Labute approximate surface area is 108 Å². The smallest absolute Gasteiger partial charge is 0.269 e. The predicted molar refractivity (Wildman–Crippen MR) is 72.0 cm³/mol. The zero-order valence-corrected chi connectivity index (χ0v) is 10.9. The summed E-state index contributed by atoms with van der Waals surface area (Å²) in [5.41, 5.74) is 6.88. The van der Waals surface area contributed by atoms with Gasteiger partial charge in [0.15, 0.2) is 0 Å². The van der Waals surface area contributed by atoms with Crippen LogP contribution in [-0.2, 0) is 6.54 Å². The lowest BCUT2D eigenvalue weighted by Crippen LogP contribution is -2.24. The first kappa shape index (κ1) is 12.7. The average Bonchev–Trinajstić information content (AvgIpc) is 2.75. The van der Waals surface area contributed by atoms with Crippen molar-refractivity contribution in [2.24, 2.45) is 5.73 Å². The fraction of sp³-hybridized carbons (Fsp3) is 0.364. The van der Waals surface area contributed by atoms with Crippen LogP contribution in [0.4, 0.5) is 5.69 Å². The molecule has 0 saturated heterocycles. The Hall–Kier alpha value is -1.73. The van der Waals surface area contributed by atoms with Crippen molar-refractivity contribution in [1.82, 2.24) is 14.8 Å². The summed E-state index contributed by atoms with van der Waals surface area (Å²) < 4.78 is 1.39. The normalized spacial score (nSPS) is 10.6. The van der Waals surface area contributed by atoms with E-state index < -0.39 is 0 Å². The van der Waals surface area contributed by atoms with E-state index in [0.29, 0.717) is 25.3 Å². The quantitative estimate of drug-likeness (QED) is 0.818. The molecule has 0 spiro atoms. The maximum atomic E-state index is 11.8. The molecule has 0 aliphatic rings. The van der Waals surface area contributed by atoms with E-state index in [1.165, 1.54) is 22.1 Å². The molecular weight excluding hydrogens is 250 g/mol. The second-order valence-electron chi connectivity index (χ2n) is 3.84. The number of thiazole rings is 1. The van der Waals surface area contributed by atoms with Crippen LogP contribution in [-0.4, -0.2) is 27.9 Å². The molecule has 0 atom stereocenters. The number of nitrogens with two attached hydrogens (primary N) is 1. The minimum absolute atomic E-state index is 0.148. The van der Waals surface area contributed by atoms with Crippen LogP contribution in [0.1, 0.15) is 10.7 Å². The summed E-state index contributed by atoms with van der Waals surface area (Å²) in [5, 5.41) is 9.95. The lowest BCUT2D eigenvalue weighted by atomic mass is 10.4. The average molecular weight is 265 g/mol. The highest BCUT2D eigenvalue weighted by molar-refractivity contribution is 7.09. The molecule has 3 N–H and O–H groups in total. The second kappa shape index (κ2) is 5.74. The number of rotatable bonds is 5. The highest BCUT2D eigenvalue weighted by Gasteiger charge is 2.04. The maximum Gasteiger partial charge on any atom is 0.269 e. The first-order chi connectivity index (χ1) is 8.69. The minimum Gasteiger partial charge on any atom is -0.382 e. The monoisotopic (exact) mass is 265 g/mol. The molecule has 0 aliphatic heterocycles. The molecule has 2 aromatic heterocycles.